The zero-order chi connectivity index (χ0) is 12.1. The van der Waals surface area contributed by atoms with Crippen molar-refractivity contribution in [3.05, 3.63) is 18.0 Å². The molecule has 1 heterocycles. The van der Waals surface area contributed by atoms with Crippen LogP contribution in [0.15, 0.2) is 12.4 Å². The minimum atomic E-state index is -0.415. The van der Waals surface area contributed by atoms with Crippen LogP contribution in [-0.2, 0) is 16.6 Å². The highest BCUT2D eigenvalue weighted by Crippen LogP contribution is 2.01. The zero-order valence-electron chi connectivity index (χ0n) is 9.64. The van der Waals surface area contributed by atoms with Gasteiger partial charge < -0.3 is 9.64 Å². The number of hydrogen-bond acceptors (Lipinski definition) is 4. The monoisotopic (exact) mass is 225 g/mol. The molecule has 0 aromatic carbocycles. The molecule has 0 spiro atoms. The molecule has 1 aromatic heterocycles. The number of aromatic nitrogens is 2. The van der Waals surface area contributed by atoms with Gasteiger partial charge in [-0.25, -0.2) is 0 Å². The highest BCUT2D eigenvalue weighted by Gasteiger charge is 2.16. The molecule has 0 aliphatic carbocycles. The highest BCUT2D eigenvalue weighted by atomic mass is 16.5. The van der Waals surface area contributed by atoms with E-state index in [0.717, 1.165) is 0 Å². The van der Waals surface area contributed by atoms with Crippen LogP contribution in [0.3, 0.4) is 0 Å². The predicted molar refractivity (Wildman–Crippen MR) is 56.8 cm³/mol. The van der Waals surface area contributed by atoms with Gasteiger partial charge in [-0.05, 0) is 6.92 Å². The maximum atomic E-state index is 11.8. The largest absolute Gasteiger partial charge is 0.465 e. The second-order valence-corrected chi connectivity index (χ2v) is 3.37. The molecule has 0 unspecified atom stereocenters. The Labute approximate surface area is 93.8 Å². The summed E-state index contributed by atoms with van der Waals surface area (Å²) in [5, 5.41) is 3.89. The molecule has 0 N–H and O–H groups in total. The second-order valence-electron chi connectivity index (χ2n) is 3.37. The molecule has 0 fully saturated rings. The first-order valence-electron chi connectivity index (χ1n) is 4.94. The quantitative estimate of drug-likeness (QED) is 0.679. The molecular weight excluding hydrogens is 210 g/mol. The smallest absolute Gasteiger partial charge is 0.325 e. The van der Waals surface area contributed by atoms with Gasteiger partial charge in [-0.1, -0.05) is 0 Å². The third-order valence-electron chi connectivity index (χ3n) is 1.97. The van der Waals surface area contributed by atoms with Gasteiger partial charge in [-0.15, -0.1) is 0 Å². The van der Waals surface area contributed by atoms with Crippen LogP contribution in [0.4, 0.5) is 0 Å². The first kappa shape index (κ1) is 12.2. The number of aryl methyl sites for hydroxylation is 1. The molecule has 1 aromatic rings. The summed E-state index contributed by atoms with van der Waals surface area (Å²) in [6, 6.07) is 0. The van der Waals surface area contributed by atoms with Crippen LogP contribution in [0.5, 0.6) is 0 Å². The minimum absolute atomic E-state index is 0.0540. The maximum Gasteiger partial charge on any atom is 0.325 e. The zero-order valence-corrected chi connectivity index (χ0v) is 9.64. The topological polar surface area (TPSA) is 64.4 Å². The van der Waals surface area contributed by atoms with Gasteiger partial charge in [0.2, 0.25) is 0 Å². The van der Waals surface area contributed by atoms with Gasteiger partial charge in [0.05, 0.1) is 18.4 Å². The molecule has 1 rings (SSSR count). The van der Waals surface area contributed by atoms with E-state index in [1.54, 1.807) is 27.2 Å². The van der Waals surface area contributed by atoms with E-state index in [-0.39, 0.29) is 12.5 Å². The van der Waals surface area contributed by atoms with Gasteiger partial charge in [-0.2, -0.15) is 5.10 Å². The van der Waals surface area contributed by atoms with Crippen molar-refractivity contribution in [3.63, 3.8) is 0 Å². The van der Waals surface area contributed by atoms with E-state index < -0.39 is 5.97 Å². The summed E-state index contributed by atoms with van der Waals surface area (Å²) in [6.45, 7) is 1.98. The van der Waals surface area contributed by atoms with E-state index in [2.05, 4.69) is 5.10 Å². The van der Waals surface area contributed by atoms with E-state index in [4.69, 9.17) is 4.74 Å². The van der Waals surface area contributed by atoms with Crippen LogP contribution >= 0.6 is 0 Å². The van der Waals surface area contributed by atoms with Crippen LogP contribution in [-0.4, -0.2) is 46.8 Å². The number of amides is 1. The summed E-state index contributed by atoms with van der Waals surface area (Å²) >= 11 is 0. The van der Waals surface area contributed by atoms with Crippen molar-refractivity contribution in [2.45, 2.75) is 6.92 Å². The van der Waals surface area contributed by atoms with Crippen LogP contribution in [0, 0.1) is 0 Å². The van der Waals surface area contributed by atoms with Gasteiger partial charge in [0.25, 0.3) is 5.91 Å². The Kier molecular flexibility index (Phi) is 4.04. The van der Waals surface area contributed by atoms with E-state index in [9.17, 15) is 9.59 Å². The number of esters is 1. The van der Waals surface area contributed by atoms with E-state index in [0.29, 0.717) is 12.2 Å². The fourth-order valence-electron chi connectivity index (χ4n) is 1.22. The normalized spacial score (nSPS) is 9.94. The molecular formula is C10H15N3O3. The Bertz CT molecular complexity index is 386. The van der Waals surface area contributed by atoms with E-state index in [1.807, 2.05) is 0 Å². The number of nitrogens with zero attached hydrogens (tertiary/aromatic N) is 3. The summed E-state index contributed by atoms with van der Waals surface area (Å²) in [7, 11) is 3.27. The van der Waals surface area contributed by atoms with Gasteiger partial charge in [0.1, 0.15) is 6.54 Å². The third kappa shape index (κ3) is 3.08. The van der Waals surface area contributed by atoms with Crippen molar-refractivity contribution in [1.82, 2.24) is 14.7 Å². The van der Waals surface area contributed by atoms with Gasteiger partial charge in [0.15, 0.2) is 0 Å². The molecule has 0 aliphatic rings. The van der Waals surface area contributed by atoms with Crippen molar-refractivity contribution in [3.8, 4) is 0 Å². The number of carbonyl (C=O) groups is 2. The highest BCUT2D eigenvalue weighted by molar-refractivity contribution is 5.95. The minimum Gasteiger partial charge on any atom is -0.465 e. The predicted octanol–water partition coefficient (Wildman–Crippen LogP) is 0.0552. The van der Waals surface area contributed by atoms with Crippen molar-refractivity contribution >= 4 is 11.9 Å². The van der Waals surface area contributed by atoms with Crippen molar-refractivity contribution in [2.24, 2.45) is 7.05 Å². The summed E-state index contributed by atoms with van der Waals surface area (Å²) < 4.78 is 6.28. The SMILES string of the molecule is CCOC(=O)CN(C)C(=O)c1cnn(C)c1. The standard InChI is InChI=1S/C10H15N3O3/c1-4-16-9(14)7-12(2)10(15)8-5-11-13(3)6-8/h5-6H,4,7H2,1-3H3. The fraction of sp³-hybridized carbons (Fsp3) is 0.500. The number of hydrogen-bond donors (Lipinski definition) is 0. The Morgan fingerprint density at radius 1 is 1.56 bits per heavy atom. The van der Waals surface area contributed by atoms with Gasteiger partial charge in [0, 0.05) is 20.3 Å². The average Bonchev–Trinajstić information content (AvgIpc) is 2.64. The lowest BCUT2D eigenvalue weighted by molar-refractivity contribution is -0.143. The Morgan fingerprint density at radius 2 is 2.25 bits per heavy atom. The molecule has 16 heavy (non-hydrogen) atoms. The summed E-state index contributed by atoms with van der Waals surface area (Å²) in [6.07, 6.45) is 3.06. The van der Waals surface area contributed by atoms with Crippen molar-refractivity contribution in [2.75, 3.05) is 20.2 Å². The molecule has 0 bridgehead atoms. The van der Waals surface area contributed by atoms with Crippen LogP contribution < -0.4 is 0 Å². The van der Waals surface area contributed by atoms with E-state index in [1.165, 1.54) is 15.8 Å². The van der Waals surface area contributed by atoms with Crippen LogP contribution in [0.1, 0.15) is 17.3 Å². The lowest BCUT2D eigenvalue weighted by Crippen LogP contribution is -2.32. The number of rotatable bonds is 4. The van der Waals surface area contributed by atoms with E-state index >= 15 is 0 Å². The molecule has 0 radical (unpaired) electrons. The molecule has 0 saturated carbocycles. The number of carbonyl (C=O) groups excluding carboxylic acids is 2. The lowest BCUT2D eigenvalue weighted by atomic mass is 10.3. The van der Waals surface area contributed by atoms with Crippen LogP contribution in [0.2, 0.25) is 0 Å². The molecule has 0 saturated heterocycles. The molecule has 6 nitrogen and oxygen atoms in total. The molecule has 6 heteroatoms. The van der Waals surface area contributed by atoms with Crippen LogP contribution in [0.25, 0.3) is 0 Å². The van der Waals surface area contributed by atoms with Crippen molar-refractivity contribution < 1.29 is 14.3 Å². The second kappa shape index (κ2) is 5.29. The number of likely N-dealkylation sites (N-methyl/N-ethyl adjacent to an activating group) is 1. The first-order valence-corrected chi connectivity index (χ1v) is 4.94. The first-order chi connectivity index (χ1) is 7.54. The lowest BCUT2D eigenvalue weighted by Gasteiger charge is -2.14. The molecule has 88 valence electrons. The third-order valence-corrected chi connectivity index (χ3v) is 1.97. The number of ether oxygens (including phenoxy) is 1. The Hall–Kier alpha value is -1.85. The van der Waals surface area contributed by atoms with Gasteiger partial charge >= 0.3 is 5.97 Å². The van der Waals surface area contributed by atoms with Gasteiger partial charge in [-0.3, -0.25) is 14.3 Å². The average molecular weight is 225 g/mol. The Balaban J connectivity index is 2.57. The summed E-state index contributed by atoms with van der Waals surface area (Å²) in [5.74, 6) is -0.664. The Morgan fingerprint density at radius 3 is 2.75 bits per heavy atom. The molecule has 1 amide bonds. The summed E-state index contributed by atoms with van der Waals surface area (Å²) in [5.41, 5.74) is 0.453. The molecule has 0 aliphatic heterocycles. The summed E-state index contributed by atoms with van der Waals surface area (Å²) in [4.78, 5) is 24.2. The maximum absolute atomic E-state index is 11.8. The van der Waals surface area contributed by atoms with Crippen molar-refractivity contribution in [1.29, 1.82) is 0 Å². The fourth-order valence-corrected chi connectivity index (χ4v) is 1.22. The molecule has 0 atom stereocenters.